The van der Waals surface area contributed by atoms with Crippen molar-refractivity contribution in [2.24, 2.45) is 5.92 Å². The molecular formula is C29H35F3N4O6S. The summed E-state index contributed by atoms with van der Waals surface area (Å²) >= 11 is 0. The van der Waals surface area contributed by atoms with Crippen LogP contribution < -0.4 is 9.46 Å². The van der Waals surface area contributed by atoms with Crippen molar-refractivity contribution in [2.75, 3.05) is 31.5 Å². The molecule has 3 aromatic rings. The Morgan fingerprint density at radius 3 is 2.44 bits per heavy atom. The van der Waals surface area contributed by atoms with E-state index >= 15 is 0 Å². The molecule has 0 saturated carbocycles. The molecule has 0 fully saturated rings. The topological polar surface area (TPSA) is 125 Å². The van der Waals surface area contributed by atoms with Gasteiger partial charge in [-0.2, -0.15) is 13.2 Å². The highest BCUT2D eigenvalue weighted by molar-refractivity contribution is 7.92. The van der Waals surface area contributed by atoms with E-state index in [0.717, 1.165) is 12.1 Å². The van der Waals surface area contributed by atoms with Crippen molar-refractivity contribution >= 4 is 21.6 Å². The van der Waals surface area contributed by atoms with Gasteiger partial charge in [-0.15, -0.1) is 0 Å². The molecule has 2 heterocycles. The number of alkyl halides is 3. The standard InChI is InChI=1S/C29H35F3N4O6S/c1-17-13-36(18(2)16-37)28(38)23-7-6-8-24(34-43(39,40)27-19(3)33-42-20(27)4)26(23)41-25(17)15-35(5)14-21-9-11-22(12-10-21)29(30,31)32/h6-12,17-18,25,34,37H,13-16H2,1-5H3/t17-,18+,25-/m0/s1. The molecule has 3 atom stereocenters. The van der Waals surface area contributed by atoms with E-state index in [4.69, 9.17) is 9.26 Å². The fourth-order valence-corrected chi connectivity index (χ4v) is 6.47. The van der Waals surface area contributed by atoms with Crippen molar-refractivity contribution in [1.29, 1.82) is 0 Å². The van der Waals surface area contributed by atoms with Gasteiger partial charge < -0.3 is 19.3 Å². The molecule has 0 spiro atoms. The lowest BCUT2D eigenvalue weighted by molar-refractivity contribution is -0.137. The first-order valence-electron chi connectivity index (χ1n) is 13.6. The Balaban J connectivity index is 1.68. The fraction of sp³-hybridized carbons (Fsp3) is 0.448. The summed E-state index contributed by atoms with van der Waals surface area (Å²) in [6, 6.07) is 8.91. The van der Waals surface area contributed by atoms with Gasteiger partial charge in [-0.25, -0.2) is 8.42 Å². The van der Waals surface area contributed by atoms with Crippen molar-refractivity contribution in [3.05, 3.63) is 70.6 Å². The number of nitrogens with one attached hydrogen (secondary N) is 1. The number of sulfonamides is 1. The second kappa shape index (κ2) is 12.5. The van der Waals surface area contributed by atoms with E-state index in [1.807, 2.05) is 11.8 Å². The quantitative estimate of drug-likeness (QED) is 0.358. The lowest BCUT2D eigenvalue weighted by Gasteiger charge is -2.38. The molecule has 1 aliphatic heterocycles. The van der Waals surface area contributed by atoms with Crippen LogP contribution in [0.4, 0.5) is 18.9 Å². The van der Waals surface area contributed by atoms with E-state index in [0.29, 0.717) is 18.7 Å². The third kappa shape index (κ3) is 7.13. The van der Waals surface area contributed by atoms with Crippen LogP contribution in [0.5, 0.6) is 5.75 Å². The number of nitrogens with zero attached hydrogens (tertiary/aromatic N) is 3. The van der Waals surface area contributed by atoms with Crippen molar-refractivity contribution in [2.45, 2.75) is 57.5 Å². The van der Waals surface area contributed by atoms with E-state index in [2.05, 4.69) is 9.88 Å². The molecule has 0 unspecified atom stereocenters. The summed E-state index contributed by atoms with van der Waals surface area (Å²) in [5.74, 6) is -0.593. The number of hydrogen-bond donors (Lipinski definition) is 2. The monoisotopic (exact) mass is 624 g/mol. The predicted molar refractivity (Wildman–Crippen MR) is 152 cm³/mol. The maximum atomic E-state index is 13.7. The average Bonchev–Trinajstić information content (AvgIpc) is 3.28. The molecule has 234 valence electrons. The Hall–Kier alpha value is -3.62. The second-order valence-corrected chi connectivity index (χ2v) is 12.6. The van der Waals surface area contributed by atoms with Gasteiger partial charge in [0.1, 0.15) is 11.8 Å². The van der Waals surface area contributed by atoms with Crippen molar-refractivity contribution in [3.63, 3.8) is 0 Å². The zero-order chi connectivity index (χ0) is 31.7. The molecule has 1 amide bonds. The van der Waals surface area contributed by atoms with Crippen LogP contribution in [0.3, 0.4) is 0 Å². The van der Waals surface area contributed by atoms with Crippen molar-refractivity contribution in [1.82, 2.24) is 15.0 Å². The summed E-state index contributed by atoms with van der Waals surface area (Å²) in [4.78, 5) is 17.0. The molecule has 4 rings (SSSR count). The number of amides is 1. The number of benzene rings is 2. The fourth-order valence-electron chi connectivity index (χ4n) is 5.08. The van der Waals surface area contributed by atoms with Gasteiger partial charge in [0.15, 0.2) is 16.4 Å². The van der Waals surface area contributed by atoms with Gasteiger partial charge in [-0.3, -0.25) is 14.4 Å². The number of ether oxygens (including phenoxy) is 1. The number of aliphatic hydroxyl groups is 1. The summed E-state index contributed by atoms with van der Waals surface area (Å²) in [6.07, 6.45) is -5.01. The first-order valence-corrected chi connectivity index (χ1v) is 15.1. The molecule has 0 bridgehead atoms. The Labute approximate surface area is 248 Å². The zero-order valence-electron chi connectivity index (χ0n) is 24.5. The number of hydrogen-bond acceptors (Lipinski definition) is 8. The number of rotatable bonds is 9. The SMILES string of the molecule is Cc1noc(C)c1S(=O)(=O)Nc1cccc2c1O[C@@H](CN(C)Cc1ccc(C(F)(F)F)cc1)[C@@H](C)CN([C@H](C)CO)C2=O. The first-order chi connectivity index (χ1) is 20.1. The van der Waals surface area contributed by atoms with Crippen LogP contribution in [0.15, 0.2) is 51.9 Å². The molecule has 43 heavy (non-hydrogen) atoms. The summed E-state index contributed by atoms with van der Waals surface area (Å²) < 4.78 is 79.8. The van der Waals surface area contributed by atoms with Crippen LogP contribution in [0, 0.1) is 19.8 Å². The molecule has 14 heteroatoms. The van der Waals surface area contributed by atoms with Crippen LogP contribution in [0.25, 0.3) is 0 Å². The number of halogens is 3. The average molecular weight is 625 g/mol. The van der Waals surface area contributed by atoms with Gasteiger partial charge in [0.25, 0.3) is 15.9 Å². The van der Waals surface area contributed by atoms with Crippen LogP contribution in [0.1, 0.15) is 46.8 Å². The van der Waals surface area contributed by atoms with Gasteiger partial charge >= 0.3 is 6.18 Å². The van der Waals surface area contributed by atoms with Gasteiger partial charge in [-0.1, -0.05) is 30.3 Å². The molecule has 2 N–H and O–H groups in total. The zero-order valence-corrected chi connectivity index (χ0v) is 25.3. The summed E-state index contributed by atoms with van der Waals surface area (Å²) in [6.45, 7) is 7.13. The van der Waals surface area contributed by atoms with E-state index < -0.39 is 39.8 Å². The predicted octanol–water partition coefficient (Wildman–Crippen LogP) is 4.46. The Bertz CT molecular complexity index is 1540. The summed E-state index contributed by atoms with van der Waals surface area (Å²) in [7, 11) is -2.40. The van der Waals surface area contributed by atoms with Crippen LogP contribution >= 0.6 is 0 Å². The number of para-hydroxylation sites is 1. The largest absolute Gasteiger partial charge is 0.486 e. The Kier molecular flexibility index (Phi) is 9.42. The summed E-state index contributed by atoms with van der Waals surface area (Å²) in [5, 5.41) is 13.6. The van der Waals surface area contributed by atoms with Crippen LogP contribution in [0.2, 0.25) is 0 Å². The molecule has 1 aliphatic rings. The molecular weight excluding hydrogens is 589 g/mol. The molecule has 0 aliphatic carbocycles. The summed E-state index contributed by atoms with van der Waals surface area (Å²) in [5.41, 5.74) is 0.239. The highest BCUT2D eigenvalue weighted by atomic mass is 32.2. The number of fused-ring (bicyclic) bond motifs is 1. The normalized spacial score (nSPS) is 18.6. The minimum atomic E-state index is -4.43. The number of aromatic nitrogens is 1. The Morgan fingerprint density at radius 2 is 1.86 bits per heavy atom. The number of aliphatic hydroxyl groups excluding tert-OH is 1. The molecule has 2 aromatic carbocycles. The minimum Gasteiger partial charge on any atom is -0.486 e. The van der Waals surface area contributed by atoms with Crippen LogP contribution in [-0.4, -0.2) is 73.3 Å². The Morgan fingerprint density at radius 1 is 1.19 bits per heavy atom. The second-order valence-electron chi connectivity index (χ2n) is 11.0. The lowest BCUT2D eigenvalue weighted by Crippen LogP contribution is -2.49. The molecule has 0 saturated heterocycles. The smallest absolute Gasteiger partial charge is 0.416 e. The molecule has 10 nitrogen and oxygen atoms in total. The van der Waals surface area contributed by atoms with Gasteiger partial charge in [0.2, 0.25) is 0 Å². The lowest BCUT2D eigenvalue weighted by atomic mass is 9.99. The maximum Gasteiger partial charge on any atom is 0.416 e. The van der Waals surface area contributed by atoms with Crippen LogP contribution in [-0.2, 0) is 22.7 Å². The van der Waals surface area contributed by atoms with E-state index in [1.54, 1.807) is 14.0 Å². The third-order valence-corrected chi connectivity index (χ3v) is 9.01. The van der Waals surface area contributed by atoms with E-state index in [-0.39, 0.29) is 52.4 Å². The van der Waals surface area contributed by atoms with Gasteiger partial charge in [0, 0.05) is 25.6 Å². The third-order valence-electron chi connectivity index (χ3n) is 7.40. The van der Waals surface area contributed by atoms with Crippen molar-refractivity contribution < 1.29 is 40.8 Å². The highest BCUT2D eigenvalue weighted by Crippen LogP contribution is 2.37. The maximum absolute atomic E-state index is 13.7. The first kappa shape index (κ1) is 32.3. The number of carbonyl (C=O) groups is 1. The number of anilines is 1. The van der Waals surface area contributed by atoms with E-state index in [9.17, 15) is 31.5 Å². The number of aryl methyl sites for hydroxylation is 2. The molecule has 1 aromatic heterocycles. The number of likely N-dealkylation sites (N-methyl/N-ethyl adjacent to an activating group) is 1. The van der Waals surface area contributed by atoms with Gasteiger partial charge in [-0.05, 0) is 57.6 Å². The number of carbonyl (C=O) groups excluding carboxylic acids is 1. The molecule has 0 radical (unpaired) electrons. The van der Waals surface area contributed by atoms with Gasteiger partial charge in [0.05, 0.1) is 29.5 Å². The van der Waals surface area contributed by atoms with Crippen molar-refractivity contribution in [3.8, 4) is 5.75 Å². The minimum absolute atomic E-state index is 0.0254. The van der Waals surface area contributed by atoms with E-state index in [1.165, 1.54) is 49.1 Å². The highest BCUT2D eigenvalue weighted by Gasteiger charge is 2.36.